The summed E-state index contributed by atoms with van der Waals surface area (Å²) in [7, 11) is 0. The third kappa shape index (κ3) is 1.43. The Morgan fingerprint density at radius 1 is 1.55 bits per heavy atom. The fourth-order valence-corrected chi connectivity index (χ4v) is 1.17. The zero-order chi connectivity index (χ0) is 8.43. The third-order valence-electron chi connectivity index (χ3n) is 1.61. The Bertz CT molecular complexity index is 296. The molecule has 0 saturated heterocycles. The number of rotatable bonds is 1. The van der Waals surface area contributed by atoms with Gasteiger partial charge in [-0.05, 0) is 24.6 Å². The molecule has 0 bridgehead atoms. The van der Waals surface area contributed by atoms with Crippen molar-refractivity contribution in [3.8, 4) is 0 Å². The van der Waals surface area contributed by atoms with Crippen LogP contribution >= 0.6 is 15.9 Å². The van der Waals surface area contributed by atoms with Crippen molar-refractivity contribution in [1.29, 1.82) is 0 Å². The maximum atomic E-state index is 10.4. The van der Waals surface area contributed by atoms with Crippen LogP contribution in [0.3, 0.4) is 0 Å². The Balaban J connectivity index is 3.36. The third-order valence-corrected chi connectivity index (χ3v) is 2.47. The van der Waals surface area contributed by atoms with Crippen LogP contribution < -0.4 is 5.73 Å². The summed E-state index contributed by atoms with van der Waals surface area (Å²) >= 11 is 3.31. The summed E-state index contributed by atoms with van der Waals surface area (Å²) in [6.45, 7) is 1.87. The quantitative estimate of drug-likeness (QED) is 0.574. The number of benzene rings is 1. The van der Waals surface area contributed by atoms with Gasteiger partial charge in [-0.3, -0.25) is 4.79 Å². The molecule has 11 heavy (non-hydrogen) atoms. The van der Waals surface area contributed by atoms with Gasteiger partial charge in [0.25, 0.3) is 0 Å². The second kappa shape index (κ2) is 3.05. The van der Waals surface area contributed by atoms with E-state index in [1.165, 1.54) is 0 Å². The van der Waals surface area contributed by atoms with Crippen LogP contribution in [0.25, 0.3) is 0 Å². The molecule has 2 nitrogen and oxygen atoms in total. The van der Waals surface area contributed by atoms with E-state index in [4.69, 9.17) is 5.73 Å². The van der Waals surface area contributed by atoms with E-state index < -0.39 is 0 Å². The molecule has 0 radical (unpaired) electrons. The summed E-state index contributed by atoms with van der Waals surface area (Å²) < 4.78 is 0.931. The lowest BCUT2D eigenvalue weighted by Gasteiger charge is -2.03. The van der Waals surface area contributed by atoms with Gasteiger partial charge in [-0.15, -0.1) is 0 Å². The van der Waals surface area contributed by atoms with Crippen LogP contribution in [-0.4, -0.2) is 6.29 Å². The van der Waals surface area contributed by atoms with E-state index >= 15 is 0 Å². The standard InChI is InChI=1S/C8H8BrNO/c1-5-7(9)3-2-6(4-11)8(5)10/h2-4H,10H2,1H3. The first kappa shape index (κ1) is 8.27. The molecule has 0 spiro atoms. The van der Waals surface area contributed by atoms with Crippen molar-refractivity contribution in [2.24, 2.45) is 0 Å². The second-order valence-corrected chi connectivity index (χ2v) is 3.15. The number of carbonyl (C=O) groups is 1. The molecular formula is C8H8BrNO. The predicted molar refractivity (Wildman–Crippen MR) is 48.7 cm³/mol. The van der Waals surface area contributed by atoms with Crippen LogP contribution in [0.5, 0.6) is 0 Å². The molecule has 0 aliphatic rings. The number of nitrogen functional groups attached to an aromatic ring is 1. The molecule has 0 atom stereocenters. The topological polar surface area (TPSA) is 43.1 Å². The molecule has 0 saturated carbocycles. The zero-order valence-electron chi connectivity index (χ0n) is 6.10. The minimum atomic E-state index is 0.547. The normalized spacial score (nSPS) is 9.64. The molecule has 0 aromatic heterocycles. The lowest BCUT2D eigenvalue weighted by atomic mass is 10.1. The number of anilines is 1. The van der Waals surface area contributed by atoms with Gasteiger partial charge in [-0.1, -0.05) is 15.9 Å². The second-order valence-electron chi connectivity index (χ2n) is 2.29. The summed E-state index contributed by atoms with van der Waals surface area (Å²) in [6.07, 6.45) is 0.759. The molecule has 58 valence electrons. The van der Waals surface area contributed by atoms with Gasteiger partial charge >= 0.3 is 0 Å². The molecule has 1 aromatic rings. The number of halogens is 1. The Hall–Kier alpha value is -0.830. The largest absolute Gasteiger partial charge is 0.398 e. The van der Waals surface area contributed by atoms with E-state index in [0.29, 0.717) is 11.3 Å². The van der Waals surface area contributed by atoms with E-state index in [-0.39, 0.29) is 0 Å². The van der Waals surface area contributed by atoms with Gasteiger partial charge in [-0.25, -0.2) is 0 Å². The van der Waals surface area contributed by atoms with Crippen molar-refractivity contribution >= 4 is 27.9 Å². The summed E-state index contributed by atoms with van der Waals surface area (Å²) in [4.78, 5) is 10.4. The van der Waals surface area contributed by atoms with Crippen LogP contribution in [-0.2, 0) is 0 Å². The number of hydrogen-bond acceptors (Lipinski definition) is 2. The Kier molecular flexibility index (Phi) is 2.29. The highest BCUT2D eigenvalue weighted by atomic mass is 79.9. The van der Waals surface area contributed by atoms with E-state index in [1.807, 2.05) is 13.0 Å². The number of nitrogens with two attached hydrogens (primary N) is 1. The first-order valence-electron chi connectivity index (χ1n) is 3.16. The highest BCUT2D eigenvalue weighted by Crippen LogP contribution is 2.23. The van der Waals surface area contributed by atoms with Crippen molar-refractivity contribution in [3.05, 3.63) is 27.7 Å². The van der Waals surface area contributed by atoms with Crippen LogP contribution in [0, 0.1) is 6.92 Å². The predicted octanol–water partition coefficient (Wildman–Crippen LogP) is 2.15. The van der Waals surface area contributed by atoms with Gasteiger partial charge in [0.05, 0.1) is 0 Å². The first-order valence-corrected chi connectivity index (χ1v) is 3.96. The maximum absolute atomic E-state index is 10.4. The molecular weight excluding hydrogens is 206 g/mol. The number of carbonyl (C=O) groups excluding carboxylic acids is 1. The van der Waals surface area contributed by atoms with Gasteiger partial charge in [-0.2, -0.15) is 0 Å². The van der Waals surface area contributed by atoms with Crippen molar-refractivity contribution in [2.45, 2.75) is 6.92 Å². The van der Waals surface area contributed by atoms with Crippen molar-refractivity contribution in [3.63, 3.8) is 0 Å². The van der Waals surface area contributed by atoms with Gasteiger partial charge in [0.2, 0.25) is 0 Å². The molecule has 2 N–H and O–H groups in total. The van der Waals surface area contributed by atoms with Crippen LogP contribution in [0.15, 0.2) is 16.6 Å². The van der Waals surface area contributed by atoms with E-state index in [0.717, 1.165) is 16.3 Å². The molecule has 1 rings (SSSR count). The monoisotopic (exact) mass is 213 g/mol. The minimum Gasteiger partial charge on any atom is -0.398 e. The Labute approximate surface area is 73.5 Å². The van der Waals surface area contributed by atoms with Gasteiger partial charge in [0.15, 0.2) is 6.29 Å². The molecule has 0 fully saturated rings. The molecule has 3 heteroatoms. The first-order chi connectivity index (χ1) is 5.16. The van der Waals surface area contributed by atoms with Gasteiger partial charge in [0.1, 0.15) is 0 Å². The van der Waals surface area contributed by atoms with Crippen LogP contribution in [0.2, 0.25) is 0 Å². The number of hydrogen-bond donors (Lipinski definition) is 1. The molecule has 0 amide bonds. The van der Waals surface area contributed by atoms with Crippen molar-refractivity contribution in [1.82, 2.24) is 0 Å². The lowest BCUT2D eigenvalue weighted by Crippen LogP contribution is -1.96. The maximum Gasteiger partial charge on any atom is 0.152 e. The fraction of sp³-hybridized carbons (Fsp3) is 0.125. The Morgan fingerprint density at radius 2 is 2.18 bits per heavy atom. The molecule has 0 unspecified atom stereocenters. The van der Waals surface area contributed by atoms with Crippen LogP contribution in [0.1, 0.15) is 15.9 Å². The average molecular weight is 214 g/mol. The van der Waals surface area contributed by atoms with Gasteiger partial charge < -0.3 is 5.73 Å². The lowest BCUT2D eigenvalue weighted by molar-refractivity contribution is 0.112. The average Bonchev–Trinajstić information content (AvgIpc) is 2.01. The smallest absolute Gasteiger partial charge is 0.152 e. The molecule has 0 aliphatic heterocycles. The molecule has 0 aliphatic carbocycles. The molecule has 0 heterocycles. The SMILES string of the molecule is Cc1c(Br)ccc(C=O)c1N. The fourth-order valence-electron chi connectivity index (χ4n) is 0.826. The highest BCUT2D eigenvalue weighted by molar-refractivity contribution is 9.10. The van der Waals surface area contributed by atoms with E-state index in [1.54, 1.807) is 6.07 Å². The summed E-state index contributed by atoms with van der Waals surface area (Å²) in [6, 6.07) is 3.51. The van der Waals surface area contributed by atoms with E-state index in [2.05, 4.69) is 15.9 Å². The number of aldehydes is 1. The zero-order valence-corrected chi connectivity index (χ0v) is 7.68. The van der Waals surface area contributed by atoms with Crippen molar-refractivity contribution < 1.29 is 4.79 Å². The summed E-state index contributed by atoms with van der Waals surface area (Å²) in [5.41, 5.74) is 7.64. The minimum absolute atomic E-state index is 0.547. The van der Waals surface area contributed by atoms with Gasteiger partial charge in [0, 0.05) is 15.7 Å². The summed E-state index contributed by atoms with van der Waals surface area (Å²) in [5, 5.41) is 0. The molecule has 1 aromatic carbocycles. The Morgan fingerprint density at radius 3 is 2.73 bits per heavy atom. The van der Waals surface area contributed by atoms with E-state index in [9.17, 15) is 4.79 Å². The van der Waals surface area contributed by atoms with Crippen LogP contribution in [0.4, 0.5) is 5.69 Å². The summed E-state index contributed by atoms with van der Waals surface area (Å²) in [5.74, 6) is 0. The highest BCUT2D eigenvalue weighted by Gasteiger charge is 2.02. The van der Waals surface area contributed by atoms with Crippen molar-refractivity contribution in [2.75, 3.05) is 5.73 Å².